The van der Waals surface area contributed by atoms with Gasteiger partial charge in [0.2, 0.25) is 0 Å². The van der Waals surface area contributed by atoms with E-state index >= 15 is 0 Å². The van der Waals surface area contributed by atoms with Crippen LogP contribution in [0, 0.1) is 17.2 Å². The maximum Gasteiger partial charge on any atom is 0.153 e. The molecule has 2 rings (SSSR count). The highest BCUT2D eigenvalue weighted by Crippen LogP contribution is 2.32. The SMILES string of the molecule is N#CC(N)(COCCC1CC1)c1ccccc1. The summed E-state index contributed by atoms with van der Waals surface area (Å²) in [4.78, 5) is 0. The van der Waals surface area contributed by atoms with Crippen LogP contribution in [0.3, 0.4) is 0 Å². The Morgan fingerprint density at radius 1 is 1.35 bits per heavy atom. The quantitative estimate of drug-likeness (QED) is 0.762. The lowest BCUT2D eigenvalue weighted by molar-refractivity contribution is 0.0974. The molecule has 1 aromatic carbocycles. The van der Waals surface area contributed by atoms with Crippen molar-refractivity contribution in [2.75, 3.05) is 13.2 Å². The van der Waals surface area contributed by atoms with Gasteiger partial charge in [-0.3, -0.25) is 0 Å². The lowest BCUT2D eigenvalue weighted by Gasteiger charge is -2.21. The molecule has 1 fully saturated rings. The molecule has 3 heteroatoms. The predicted octanol–water partition coefficient (Wildman–Crippen LogP) is 2.18. The minimum absolute atomic E-state index is 0.264. The standard InChI is InChI=1S/C14H18N2O/c15-10-14(16,13-4-2-1-3-5-13)11-17-9-8-12-6-7-12/h1-5,12H,6-9,11,16H2. The zero-order valence-corrected chi connectivity index (χ0v) is 9.93. The Kier molecular flexibility index (Phi) is 3.78. The van der Waals surface area contributed by atoms with Gasteiger partial charge >= 0.3 is 0 Å². The molecule has 0 aliphatic heterocycles. The van der Waals surface area contributed by atoms with E-state index in [-0.39, 0.29) is 6.61 Å². The summed E-state index contributed by atoms with van der Waals surface area (Å²) in [6.45, 7) is 0.971. The molecule has 0 heterocycles. The van der Waals surface area contributed by atoms with Crippen molar-refractivity contribution in [1.82, 2.24) is 0 Å². The molecule has 0 aromatic heterocycles. The summed E-state index contributed by atoms with van der Waals surface area (Å²) in [5.74, 6) is 0.848. The average molecular weight is 230 g/mol. The van der Waals surface area contributed by atoms with Gasteiger partial charge in [-0.25, -0.2) is 0 Å². The van der Waals surface area contributed by atoms with E-state index in [9.17, 15) is 5.26 Å². The molecule has 1 saturated carbocycles. The zero-order valence-electron chi connectivity index (χ0n) is 9.93. The lowest BCUT2D eigenvalue weighted by atomic mass is 9.94. The summed E-state index contributed by atoms with van der Waals surface area (Å²) < 4.78 is 5.55. The molecular weight excluding hydrogens is 212 g/mol. The van der Waals surface area contributed by atoms with Crippen LogP contribution in [-0.2, 0) is 10.3 Å². The van der Waals surface area contributed by atoms with Crippen LogP contribution in [0.4, 0.5) is 0 Å². The van der Waals surface area contributed by atoms with Gasteiger partial charge in [0.25, 0.3) is 0 Å². The van der Waals surface area contributed by atoms with E-state index < -0.39 is 5.54 Å². The van der Waals surface area contributed by atoms with E-state index in [1.165, 1.54) is 12.8 Å². The van der Waals surface area contributed by atoms with Gasteiger partial charge in [0.15, 0.2) is 5.54 Å². The number of nitrogens with zero attached hydrogens (tertiary/aromatic N) is 1. The van der Waals surface area contributed by atoms with E-state index in [2.05, 4.69) is 6.07 Å². The first-order valence-electron chi connectivity index (χ1n) is 6.08. The summed E-state index contributed by atoms with van der Waals surface area (Å²) in [5.41, 5.74) is 5.86. The van der Waals surface area contributed by atoms with Gasteiger partial charge in [0, 0.05) is 6.61 Å². The number of nitriles is 1. The van der Waals surface area contributed by atoms with Crippen molar-refractivity contribution in [3.05, 3.63) is 35.9 Å². The molecule has 1 aliphatic carbocycles. The van der Waals surface area contributed by atoms with Crippen LogP contribution in [0.5, 0.6) is 0 Å². The third-order valence-corrected chi connectivity index (χ3v) is 3.19. The van der Waals surface area contributed by atoms with Crippen LogP contribution in [0.25, 0.3) is 0 Å². The number of hydrogen-bond acceptors (Lipinski definition) is 3. The van der Waals surface area contributed by atoms with Crippen LogP contribution in [0.1, 0.15) is 24.8 Å². The molecule has 1 unspecified atom stereocenters. The number of hydrogen-bond donors (Lipinski definition) is 1. The van der Waals surface area contributed by atoms with Gasteiger partial charge in [-0.1, -0.05) is 43.2 Å². The van der Waals surface area contributed by atoms with Crippen molar-refractivity contribution in [1.29, 1.82) is 5.26 Å². The van der Waals surface area contributed by atoms with E-state index in [1.54, 1.807) is 0 Å². The highest BCUT2D eigenvalue weighted by molar-refractivity contribution is 5.30. The highest BCUT2D eigenvalue weighted by Gasteiger charge is 2.28. The van der Waals surface area contributed by atoms with E-state index in [0.717, 1.165) is 17.9 Å². The van der Waals surface area contributed by atoms with Crippen molar-refractivity contribution in [2.45, 2.75) is 24.8 Å². The smallest absolute Gasteiger partial charge is 0.153 e. The minimum Gasteiger partial charge on any atom is -0.378 e. The van der Waals surface area contributed by atoms with Crippen LogP contribution < -0.4 is 5.73 Å². The summed E-state index contributed by atoms with van der Waals surface area (Å²) in [6, 6.07) is 11.6. The van der Waals surface area contributed by atoms with E-state index in [0.29, 0.717) is 6.61 Å². The molecule has 0 saturated heterocycles. The fraction of sp³-hybridized carbons (Fsp3) is 0.500. The number of ether oxygens (including phenoxy) is 1. The molecular formula is C14H18N2O. The highest BCUT2D eigenvalue weighted by atomic mass is 16.5. The molecule has 1 aliphatic rings. The Morgan fingerprint density at radius 2 is 2.06 bits per heavy atom. The maximum atomic E-state index is 9.20. The number of nitrogens with two attached hydrogens (primary N) is 1. The number of rotatable bonds is 6. The second-order valence-electron chi connectivity index (χ2n) is 4.73. The topological polar surface area (TPSA) is 59.0 Å². The third-order valence-electron chi connectivity index (χ3n) is 3.19. The van der Waals surface area contributed by atoms with Crippen LogP contribution in [0.2, 0.25) is 0 Å². The molecule has 0 spiro atoms. The van der Waals surface area contributed by atoms with Gasteiger partial charge in [0.05, 0.1) is 12.7 Å². The Bertz CT molecular complexity index is 394. The van der Waals surface area contributed by atoms with Crippen molar-refractivity contribution in [3.63, 3.8) is 0 Å². The summed E-state index contributed by atoms with van der Waals surface area (Å²) in [6.07, 6.45) is 3.75. The lowest BCUT2D eigenvalue weighted by Crippen LogP contribution is -2.40. The molecule has 0 radical (unpaired) electrons. The molecule has 1 aromatic rings. The second-order valence-corrected chi connectivity index (χ2v) is 4.73. The van der Waals surface area contributed by atoms with Crippen molar-refractivity contribution in [2.24, 2.45) is 11.7 Å². The van der Waals surface area contributed by atoms with Gasteiger partial charge in [-0.05, 0) is 17.9 Å². The Labute approximate surface area is 102 Å². The first-order chi connectivity index (χ1) is 8.24. The maximum absolute atomic E-state index is 9.20. The molecule has 0 bridgehead atoms. The molecule has 3 nitrogen and oxygen atoms in total. The van der Waals surface area contributed by atoms with Crippen LogP contribution in [-0.4, -0.2) is 13.2 Å². The zero-order chi connectivity index (χ0) is 12.1. The Morgan fingerprint density at radius 3 is 2.65 bits per heavy atom. The van der Waals surface area contributed by atoms with Crippen molar-refractivity contribution >= 4 is 0 Å². The summed E-state index contributed by atoms with van der Waals surface area (Å²) in [7, 11) is 0. The Hall–Kier alpha value is -1.37. The van der Waals surface area contributed by atoms with Gasteiger partial charge in [-0.15, -0.1) is 0 Å². The average Bonchev–Trinajstić information content (AvgIpc) is 3.19. The predicted molar refractivity (Wildman–Crippen MR) is 66.1 cm³/mol. The van der Waals surface area contributed by atoms with Gasteiger partial charge < -0.3 is 10.5 Å². The summed E-state index contributed by atoms with van der Waals surface area (Å²) in [5, 5.41) is 9.20. The molecule has 1 atom stereocenters. The van der Waals surface area contributed by atoms with Crippen molar-refractivity contribution < 1.29 is 4.74 Å². The first-order valence-corrected chi connectivity index (χ1v) is 6.08. The van der Waals surface area contributed by atoms with E-state index in [1.807, 2.05) is 30.3 Å². The van der Waals surface area contributed by atoms with Gasteiger partial charge in [0.1, 0.15) is 0 Å². The fourth-order valence-corrected chi connectivity index (χ4v) is 1.81. The second kappa shape index (κ2) is 5.31. The largest absolute Gasteiger partial charge is 0.378 e. The molecule has 17 heavy (non-hydrogen) atoms. The van der Waals surface area contributed by atoms with Crippen molar-refractivity contribution in [3.8, 4) is 6.07 Å². The monoisotopic (exact) mass is 230 g/mol. The third kappa shape index (κ3) is 3.29. The summed E-state index contributed by atoms with van der Waals surface area (Å²) >= 11 is 0. The minimum atomic E-state index is -1.02. The van der Waals surface area contributed by atoms with E-state index in [4.69, 9.17) is 10.5 Å². The molecule has 0 amide bonds. The van der Waals surface area contributed by atoms with Gasteiger partial charge in [-0.2, -0.15) is 5.26 Å². The fourth-order valence-electron chi connectivity index (χ4n) is 1.81. The van der Waals surface area contributed by atoms with Crippen LogP contribution >= 0.6 is 0 Å². The van der Waals surface area contributed by atoms with Crippen LogP contribution in [0.15, 0.2) is 30.3 Å². The normalized spacial score (nSPS) is 18.4. The molecule has 90 valence electrons. The number of benzene rings is 1. The first kappa shape index (κ1) is 12.1. The molecule has 2 N–H and O–H groups in total. The Balaban J connectivity index is 1.87.